The second-order valence-corrected chi connectivity index (χ2v) is 6.02. The first-order valence-corrected chi connectivity index (χ1v) is 7.50. The Kier molecular flexibility index (Phi) is 6.80. The maximum atomic E-state index is 12.1. The summed E-state index contributed by atoms with van der Waals surface area (Å²) in [6.45, 7) is 9.27. The molecule has 0 aromatic heterocycles. The van der Waals surface area contributed by atoms with E-state index in [4.69, 9.17) is 9.47 Å². The van der Waals surface area contributed by atoms with Crippen LogP contribution in [0.2, 0.25) is 0 Å². The highest BCUT2D eigenvalue weighted by molar-refractivity contribution is 5.80. The topological polar surface area (TPSA) is 47.6 Å². The van der Waals surface area contributed by atoms with Gasteiger partial charge in [0.2, 0.25) is 0 Å². The number of ether oxygens (including phenoxy) is 2. The Morgan fingerprint density at radius 3 is 2.53 bits per heavy atom. The third-order valence-electron chi connectivity index (χ3n) is 3.55. The molecule has 0 saturated heterocycles. The molecule has 1 saturated carbocycles. The molecular formula is C15H29NO3. The van der Waals surface area contributed by atoms with Crippen molar-refractivity contribution in [2.45, 2.75) is 65.0 Å². The Morgan fingerprint density at radius 1 is 1.37 bits per heavy atom. The van der Waals surface area contributed by atoms with Gasteiger partial charge >= 0.3 is 5.97 Å². The molecule has 0 spiro atoms. The van der Waals surface area contributed by atoms with Crippen molar-refractivity contribution >= 4 is 5.97 Å². The second-order valence-electron chi connectivity index (χ2n) is 6.02. The van der Waals surface area contributed by atoms with Crippen LogP contribution in [0.3, 0.4) is 0 Å². The lowest BCUT2D eigenvalue weighted by Gasteiger charge is -2.30. The molecule has 1 aliphatic carbocycles. The molecule has 19 heavy (non-hydrogen) atoms. The minimum absolute atomic E-state index is 0.212. The van der Waals surface area contributed by atoms with E-state index in [1.165, 1.54) is 25.7 Å². The van der Waals surface area contributed by atoms with Gasteiger partial charge in [-0.15, -0.1) is 0 Å². The summed E-state index contributed by atoms with van der Waals surface area (Å²) in [5.41, 5.74) is -0.747. The third kappa shape index (κ3) is 5.49. The van der Waals surface area contributed by atoms with Gasteiger partial charge in [0.25, 0.3) is 0 Å². The average molecular weight is 271 g/mol. The van der Waals surface area contributed by atoms with Gasteiger partial charge in [0.15, 0.2) is 0 Å². The van der Waals surface area contributed by atoms with E-state index in [2.05, 4.69) is 5.32 Å². The van der Waals surface area contributed by atoms with E-state index in [1.807, 2.05) is 27.7 Å². The van der Waals surface area contributed by atoms with E-state index in [9.17, 15) is 4.79 Å². The average Bonchev–Trinajstić information content (AvgIpc) is 2.81. The van der Waals surface area contributed by atoms with Crippen molar-refractivity contribution in [2.24, 2.45) is 5.92 Å². The van der Waals surface area contributed by atoms with Crippen LogP contribution in [0.5, 0.6) is 0 Å². The molecule has 0 radical (unpaired) electrons. The van der Waals surface area contributed by atoms with Crippen LogP contribution in [0.1, 0.15) is 53.4 Å². The van der Waals surface area contributed by atoms with E-state index in [1.54, 1.807) is 0 Å². The lowest BCUT2D eigenvalue weighted by atomic mass is 10.0. The molecule has 1 unspecified atom stereocenters. The Hall–Kier alpha value is -0.610. The summed E-state index contributed by atoms with van der Waals surface area (Å²) in [7, 11) is 0. The maximum Gasteiger partial charge on any atom is 0.328 e. The fourth-order valence-electron chi connectivity index (χ4n) is 2.69. The fourth-order valence-corrected chi connectivity index (χ4v) is 2.69. The highest BCUT2D eigenvalue weighted by atomic mass is 16.5. The van der Waals surface area contributed by atoms with Gasteiger partial charge < -0.3 is 9.47 Å². The molecule has 0 amide bonds. The smallest absolute Gasteiger partial charge is 0.328 e. The van der Waals surface area contributed by atoms with Crippen molar-refractivity contribution in [2.75, 3.05) is 19.8 Å². The van der Waals surface area contributed by atoms with Crippen LogP contribution in [-0.2, 0) is 14.3 Å². The molecule has 0 aliphatic heterocycles. The lowest BCUT2D eigenvalue weighted by Crippen LogP contribution is -2.56. The summed E-state index contributed by atoms with van der Waals surface area (Å²) in [5, 5.41) is 3.27. The molecular weight excluding hydrogens is 242 g/mol. The van der Waals surface area contributed by atoms with Crippen molar-refractivity contribution in [3.63, 3.8) is 0 Å². The van der Waals surface area contributed by atoms with Crippen LogP contribution < -0.4 is 5.32 Å². The Morgan fingerprint density at radius 2 is 2.00 bits per heavy atom. The summed E-state index contributed by atoms with van der Waals surface area (Å²) < 4.78 is 10.9. The molecule has 1 atom stereocenters. The van der Waals surface area contributed by atoms with Crippen LogP contribution in [0.15, 0.2) is 0 Å². The van der Waals surface area contributed by atoms with Crippen LogP contribution in [0, 0.1) is 5.92 Å². The largest absolute Gasteiger partial charge is 0.465 e. The first-order chi connectivity index (χ1) is 8.98. The van der Waals surface area contributed by atoms with Gasteiger partial charge in [0.05, 0.1) is 13.2 Å². The highest BCUT2D eigenvalue weighted by Gasteiger charge is 2.35. The lowest BCUT2D eigenvalue weighted by molar-refractivity contribution is -0.153. The summed E-state index contributed by atoms with van der Waals surface area (Å²) in [4.78, 5) is 12.1. The molecule has 0 heterocycles. The zero-order valence-corrected chi connectivity index (χ0v) is 12.8. The second kappa shape index (κ2) is 7.85. The van der Waals surface area contributed by atoms with Crippen LogP contribution in [0.4, 0.5) is 0 Å². The molecule has 1 rings (SSSR count). The molecule has 0 aromatic carbocycles. The van der Waals surface area contributed by atoms with Crippen molar-refractivity contribution in [3.8, 4) is 0 Å². The zero-order valence-electron chi connectivity index (χ0n) is 12.8. The number of esters is 1. The SMILES string of the molecule is CCOC(=O)C(C)(COCC1CCCC1)NC(C)C. The molecule has 1 N–H and O–H groups in total. The van der Waals surface area contributed by atoms with Crippen LogP contribution in [0.25, 0.3) is 0 Å². The molecule has 4 heteroatoms. The summed E-state index contributed by atoms with van der Waals surface area (Å²) in [5.74, 6) is 0.445. The Balaban J connectivity index is 2.45. The molecule has 112 valence electrons. The maximum absolute atomic E-state index is 12.1. The normalized spacial score (nSPS) is 19.6. The minimum Gasteiger partial charge on any atom is -0.465 e. The minimum atomic E-state index is -0.747. The number of hydrogen-bond donors (Lipinski definition) is 1. The number of hydrogen-bond acceptors (Lipinski definition) is 4. The molecule has 4 nitrogen and oxygen atoms in total. The van der Waals surface area contributed by atoms with Crippen molar-refractivity contribution in [1.29, 1.82) is 0 Å². The summed E-state index contributed by atoms with van der Waals surface area (Å²) in [6, 6.07) is 0.212. The number of nitrogens with one attached hydrogen (secondary N) is 1. The van der Waals surface area contributed by atoms with Crippen molar-refractivity contribution in [1.82, 2.24) is 5.32 Å². The van der Waals surface area contributed by atoms with E-state index >= 15 is 0 Å². The molecule has 0 aromatic rings. The molecule has 1 aliphatic rings. The van der Waals surface area contributed by atoms with E-state index < -0.39 is 5.54 Å². The quantitative estimate of drug-likeness (QED) is 0.689. The van der Waals surface area contributed by atoms with E-state index in [0.717, 1.165) is 6.61 Å². The highest BCUT2D eigenvalue weighted by Crippen LogP contribution is 2.25. The van der Waals surface area contributed by atoms with Crippen molar-refractivity contribution in [3.05, 3.63) is 0 Å². The zero-order chi connectivity index (χ0) is 14.3. The first-order valence-electron chi connectivity index (χ1n) is 7.50. The van der Waals surface area contributed by atoms with Gasteiger partial charge in [0.1, 0.15) is 5.54 Å². The van der Waals surface area contributed by atoms with Gasteiger partial charge in [-0.1, -0.05) is 12.8 Å². The Labute approximate surface area is 117 Å². The third-order valence-corrected chi connectivity index (χ3v) is 3.55. The van der Waals surface area contributed by atoms with Crippen LogP contribution >= 0.6 is 0 Å². The predicted octanol–water partition coefficient (Wildman–Crippen LogP) is 2.51. The molecule has 0 bridgehead atoms. The Bertz CT molecular complexity index is 275. The number of carbonyl (C=O) groups excluding carboxylic acids is 1. The van der Waals surface area contributed by atoms with Gasteiger partial charge in [-0.3, -0.25) is 5.32 Å². The van der Waals surface area contributed by atoms with Gasteiger partial charge in [-0.05, 0) is 46.5 Å². The van der Waals surface area contributed by atoms with Crippen molar-refractivity contribution < 1.29 is 14.3 Å². The predicted molar refractivity (Wildman–Crippen MR) is 76.1 cm³/mol. The monoisotopic (exact) mass is 271 g/mol. The van der Waals surface area contributed by atoms with Gasteiger partial charge in [0, 0.05) is 12.6 Å². The first kappa shape index (κ1) is 16.4. The standard InChI is InChI=1S/C15H29NO3/c1-5-19-14(17)15(4,16-12(2)3)11-18-10-13-8-6-7-9-13/h12-13,16H,5-11H2,1-4H3. The van der Waals surface area contributed by atoms with Gasteiger partial charge in [-0.2, -0.15) is 0 Å². The fraction of sp³-hybridized carbons (Fsp3) is 0.933. The van der Waals surface area contributed by atoms with E-state index in [0.29, 0.717) is 19.1 Å². The van der Waals surface area contributed by atoms with Crippen LogP contribution in [-0.4, -0.2) is 37.4 Å². The van der Waals surface area contributed by atoms with E-state index in [-0.39, 0.29) is 12.0 Å². The molecule has 1 fully saturated rings. The number of carbonyl (C=O) groups is 1. The summed E-state index contributed by atoms with van der Waals surface area (Å²) in [6.07, 6.45) is 5.14. The van der Waals surface area contributed by atoms with Gasteiger partial charge in [-0.25, -0.2) is 4.79 Å². The summed E-state index contributed by atoms with van der Waals surface area (Å²) >= 11 is 0. The number of rotatable bonds is 8.